The first-order chi connectivity index (χ1) is 7.78. The summed E-state index contributed by atoms with van der Waals surface area (Å²) in [5.41, 5.74) is 7.76. The molecule has 0 saturated carbocycles. The summed E-state index contributed by atoms with van der Waals surface area (Å²) in [6.45, 7) is 8.62. The van der Waals surface area contributed by atoms with E-state index in [4.69, 9.17) is 18.0 Å². The Hall–Kier alpha value is -1.00. The first-order valence-corrected chi connectivity index (χ1v) is 6.12. The minimum absolute atomic E-state index is 0.299. The van der Waals surface area contributed by atoms with Gasteiger partial charge in [0.05, 0.1) is 5.69 Å². The van der Waals surface area contributed by atoms with Crippen LogP contribution in [-0.2, 0) is 6.54 Å². The zero-order valence-electron chi connectivity index (χ0n) is 11.0. The molecular weight excluding hydrogens is 230 g/mol. The number of pyridine rings is 1. The molecule has 1 aromatic rings. The van der Waals surface area contributed by atoms with Crippen molar-refractivity contribution < 1.29 is 0 Å². The van der Waals surface area contributed by atoms with E-state index < -0.39 is 0 Å². The van der Waals surface area contributed by atoms with Crippen molar-refractivity contribution in [2.75, 3.05) is 13.6 Å². The van der Waals surface area contributed by atoms with Crippen molar-refractivity contribution in [1.29, 1.82) is 0 Å². The highest BCUT2D eigenvalue weighted by Gasteiger charge is 2.13. The van der Waals surface area contributed by atoms with Crippen LogP contribution in [0, 0.1) is 5.41 Å². The Kier molecular flexibility index (Phi) is 4.60. The fourth-order valence-electron chi connectivity index (χ4n) is 1.88. The van der Waals surface area contributed by atoms with E-state index in [-0.39, 0.29) is 0 Å². The predicted molar refractivity (Wildman–Crippen MR) is 75.9 cm³/mol. The summed E-state index contributed by atoms with van der Waals surface area (Å²) in [6.07, 6.45) is 1.76. The lowest BCUT2D eigenvalue weighted by Crippen LogP contribution is -2.29. The number of nitrogens with two attached hydrogens (primary N) is 1. The molecule has 0 aliphatic carbocycles. The van der Waals surface area contributed by atoms with Crippen LogP contribution < -0.4 is 5.73 Å². The molecule has 17 heavy (non-hydrogen) atoms. The molecule has 0 aliphatic heterocycles. The standard InChI is InChI=1S/C13H21N3S/c1-13(2,3)9-16(4)8-10-5-6-15-11(7-10)12(14)17/h5-7H,8-9H2,1-4H3,(H2,14,17). The van der Waals surface area contributed by atoms with Crippen molar-refractivity contribution in [2.45, 2.75) is 27.3 Å². The van der Waals surface area contributed by atoms with Crippen LogP contribution in [0.4, 0.5) is 0 Å². The largest absolute Gasteiger partial charge is 0.388 e. The Bertz CT molecular complexity index is 396. The topological polar surface area (TPSA) is 42.2 Å². The van der Waals surface area contributed by atoms with Crippen LogP contribution >= 0.6 is 12.2 Å². The van der Waals surface area contributed by atoms with E-state index in [1.165, 1.54) is 5.56 Å². The first-order valence-electron chi connectivity index (χ1n) is 5.71. The zero-order valence-corrected chi connectivity index (χ0v) is 11.8. The number of thiocarbonyl (C=S) groups is 1. The van der Waals surface area contributed by atoms with Crippen LogP contribution in [0.5, 0.6) is 0 Å². The van der Waals surface area contributed by atoms with E-state index in [0.29, 0.717) is 16.1 Å². The van der Waals surface area contributed by atoms with Gasteiger partial charge in [0.15, 0.2) is 0 Å². The SMILES string of the molecule is CN(Cc1ccnc(C(N)=S)c1)CC(C)(C)C. The molecule has 0 aliphatic rings. The quantitative estimate of drug-likeness (QED) is 0.833. The number of hydrogen-bond donors (Lipinski definition) is 1. The average molecular weight is 251 g/mol. The molecule has 0 saturated heterocycles. The van der Waals surface area contributed by atoms with E-state index in [0.717, 1.165) is 13.1 Å². The maximum atomic E-state index is 5.57. The fraction of sp³-hybridized carbons (Fsp3) is 0.538. The number of nitrogens with zero attached hydrogens (tertiary/aromatic N) is 2. The van der Waals surface area contributed by atoms with Crippen LogP contribution in [0.25, 0.3) is 0 Å². The normalized spacial score (nSPS) is 11.8. The van der Waals surface area contributed by atoms with Crippen LogP contribution in [0.15, 0.2) is 18.3 Å². The first kappa shape index (κ1) is 14.1. The Labute approximate surface area is 109 Å². The summed E-state index contributed by atoms with van der Waals surface area (Å²) in [5.74, 6) is 0. The average Bonchev–Trinajstić information content (AvgIpc) is 2.14. The zero-order chi connectivity index (χ0) is 13.1. The second-order valence-corrected chi connectivity index (χ2v) is 6.09. The van der Waals surface area contributed by atoms with Gasteiger partial charge < -0.3 is 10.6 Å². The summed E-state index contributed by atoms with van der Waals surface area (Å²) in [6, 6.07) is 3.96. The lowest BCUT2D eigenvalue weighted by Gasteiger charge is -2.26. The highest BCUT2D eigenvalue weighted by Crippen LogP contribution is 2.15. The third-order valence-corrected chi connectivity index (χ3v) is 2.48. The Morgan fingerprint density at radius 3 is 2.65 bits per heavy atom. The Morgan fingerprint density at radius 2 is 2.12 bits per heavy atom. The highest BCUT2D eigenvalue weighted by atomic mass is 32.1. The molecule has 3 nitrogen and oxygen atoms in total. The Balaban J connectivity index is 2.68. The van der Waals surface area contributed by atoms with Gasteiger partial charge in [-0.05, 0) is 30.2 Å². The molecule has 0 fully saturated rings. The van der Waals surface area contributed by atoms with Gasteiger partial charge in [-0.1, -0.05) is 33.0 Å². The maximum Gasteiger partial charge on any atom is 0.122 e. The summed E-state index contributed by atoms with van der Waals surface area (Å²) >= 11 is 4.92. The van der Waals surface area contributed by atoms with Crippen molar-refractivity contribution >= 4 is 17.2 Å². The molecule has 2 N–H and O–H groups in total. The van der Waals surface area contributed by atoms with E-state index in [1.807, 2.05) is 12.1 Å². The van der Waals surface area contributed by atoms with Crippen LogP contribution in [0.3, 0.4) is 0 Å². The van der Waals surface area contributed by atoms with E-state index in [9.17, 15) is 0 Å². The second-order valence-electron chi connectivity index (χ2n) is 5.65. The van der Waals surface area contributed by atoms with Gasteiger partial charge in [-0.25, -0.2) is 0 Å². The molecule has 1 aromatic heterocycles. The monoisotopic (exact) mass is 251 g/mol. The lowest BCUT2D eigenvalue weighted by atomic mass is 9.96. The van der Waals surface area contributed by atoms with Gasteiger partial charge in [-0.3, -0.25) is 4.98 Å². The van der Waals surface area contributed by atoms with Gasteiger partial charge in [-0.2, -0.15) is 0 Å². The van der Waals surface area contributed by atoms with E-state index in [2.05, 4.69) is 37.7 Å². The Morgan fingerprint density at radius 1 is 1.47 bits per heavy atom. The van der Waals surface area contributed by atoms with Gasteiger partial charge in [-0.15, -0.1) is 0 Å². The molecule has 0 spiro atoms. The minimum atomic E-state index is 0.299. The molecule has 0 amide bonds. The summed E-state index contributed by atoms with van der Waals surface area (Å²) in [7, 11) is 2.12. The molecule has 1 rings (SSSR count). The molecule has 4 heteroatoms. The van der Waals surface area contributed by atoms with Crippen molar-refractivity contribution in [3.05, 3.63) is 29.6 Å². The van der Waals surface area contributed by atoms with Crippen molar-refractivity contribution in [1.82, 2.24) is 9.88 Å². The molecule has 0 unspecified atom stereocenters. The highest BCUT2D eigenvalue weighted by molar-refractivity contribution is 7.80. The molecule has 0 bridgehead atoms. The summed E-state index contributed by atoms with van der Waals surface area (Å²) in [4.78, 5) is 6.78. The van der Waals surface area contributed by atoms with Gasteiger partial charge in [0, 0.05) is 19.3 Å². The van der Waals surface area contributed by atoms with Crippen molar-refractivity contribution in [2.24, 2.45) is 11.1 Å². The fourth-order valence-corrected chi connectivity index (χ4v) is 2.00. The summed E-state index contributed by atoms with van der Waals surface area (Å²) in [5, 5.41) is 0. The molecule has 94 valence electrons. The molecule has 0 radical (unpaired) electrons. The van der Waals surface area contributed by atoms with Crippen molar-refractivity contribution in [3.63, 3.8) is 0 Å². The summed E-state index contributed by atoms with van der Waals surface area (Å²) < 4.78 is 0. The van der Waals surface area contributed by atoms with Gasteiger partial charge in [0.25, 0.3) is 0 Å². The van der Waals surface area contributed by atoms with Gasteiger partial charge in [0.1, 0.15) is 4.99 Å². The number of rotatable bonds is 4. The van der Waals surface area contributed by atoms with Gasteiger partial charge >= 0.3 is 0 Å². The van der Waals surface area contributed by atoms with Gasteiger partial charge in [0.2, 0.25) is 0 Å². The van der Waals surface area contributed by atoms with Crippen molar-refractivity contribution in [3.8, 4) is 0 Å². The molecular formula is C13H21N3S. The number of aromatic nitrogens is 1. The smallest absolute Gasteiger partial charge is 0.122 e. The minimum Gasteiger partial charge on any atom is -0.388 e. The lowest BCUT2D eigenvalue weighted by molar-refractivity contribution is 0.221. The van der Waals surface area contributed by atoms with Crippen LogP contribution in [0.1, 0.15) is 32.0 Å². The molecule has 0 atom stereocenters. The maximum absolute atomic E-state index is 5.57. The predicted octanol–water partition coefficient (Wildman–Crippen LogP) is 2.19. The third-order valence-electron chi connectivity index (χ3n) is 2.27. The van der Waals surface area contributed by atoms with E-state index in [1.54, 1.807) is 6.20 Å². The second kappa shape index (κ2) is 5.56. The molecule has 1 heterocycles. The van der Waals surface area contributed by atoms with Crippen LogP contribution in [-0.4, -0.2) is 28.5 Å². The van der Waals surface area contributed by atoms with Crippen LogP contribution in [0.2, 0.25) is 0 Å². The molecule has 0 aromatic carbocycles. The third kappa shape index (κ3) is 5.24. The van der Waals surface area contributed by atoms with E-state index >= 15 is 0 Å². The number of hydrogen-bond acceptors (Lipinski definition) is 3.